The Morgan fingerprint density at radius 1 is 1.16 bits per heavy atom. The topological polar surface area (TPSA) is 63.8 Å². The number of rotatable bonds is 4. The molecule has 0 unspecified atom stereocenters. The van der Waals surface area contributed by atoms with E-state index >= 15 is 0 Å². The summed E-state index contributed by atoms with van der Waals surface area (Å²) in [5.74, 6) is -0.152. The van der Waals surface area contributed by atoms with Gasteiger partial charge in [-0.05, 0) is 17.7 Å². The zero-order valence-corrected chi connectivity index (χ0v) is 10.5. The molecule has 19 heavy (non-hydrogen) atoms. The second-order valence-corrected chi connectivity index (χ2v) is 4.05. The van der Waals surface area contributed by atoms with Crippen molar-refractivity contribution in [1.29, 1.82) is 0 Å². The second-order valence-electron chi connectivity index (χ2n) is 4.05. The maximum Gasteiger partial charge on any atom is 0.159 e. The van der Waals surface area contributed by atoms with E-state index in [0.29, 0.717) is 36.0 Å². The van der Waals surface area contributed by atoms with Crippen LogP contribution in [0.2, 0.25) is 0 Å². The van der Waals surface area contributed by atoms with Crippen LogP contribution in [0.1, 0.15) is 18.3 Å². The number of nitrogen functional groups attached to an aromatic ring is 1. The van der Waals surface area contributed by atoms with E-state index in [9.17, 15) is 8.78 Å². The molecule has 0 saturated carbocycles. The van der Waals surface area contributed by atoms with Gasteiger partial charge in [0.25, 0.3) is 0 Å². The molecule has 1 aromatic heterocycles. The van der Waals surface area contributed by atoms with Gasteiger partial charge in [0.1, 0.15) is 17.5 Å². The van der Waals surface area contributed by atoms with Gasteiger partial charge >= 0.3 is 0 Å². The molecule has 0 saturated heterocycles. The maximum atomic E-state index is 13.0. The fourth-order valence-electron chi connectivity index (χ4n) is 1.61. The third-order valence-electron chi connectivity index (χ3n) is 2.57. The quantitative estimate of drug-likeness (QED) is 0.890. The number of anilines is 2. The number of nitrogens with two attached hydrogens (primary N) is 1. The van der Waals surface area contributed by atoms with E-state index in [4.69, 9.17) is 5.73 Å². The molecule has 4 nitrogen and oxygen atoms in total. The minimum atomic E-state index is -0.865. The highest BCUT2D eigenvalue weighted by Gasteiger charge is 2.04. The van der Waals surface area contributed by atoms with E-state index in [-0.39, 0.29) is 0 Å². The lowest BCUT2D eigenvalue weighted by Gasteiger charge is -2.08. The zero-order chi connectivity index (χ0) is 13.8. The van der Waals surface area contributed by atoms with Crippen LogP contribution in [0.25, 0.3) is 0 Å². The van der Waals surface area contributed by atoms with Gasteiger partial charge < -0.3 is 11.1 Å². The summed E-state index contributed by atoms with van der Waals surface area (Å²) in [5.41, 5.74) is 6.27. The smallest absolute Gasteiger partial charge is 0.159 e. The van der Waals surface area contributed by atoms with Crippen molar-refractivity contribution in [2.45, 2.75) is 19.9 Å². The van der Waals surface area contributed by atoms with Gasteiger partial charge in [0.2, 0.25) is 0 Å². The predicted molar refractivity (Wildman–Crippen MR) is 69.5 cm³/mol. The summed E-state index contributed by atoms with van der Waals surface area (Å²) in [7, 11) is 0. The summed E-state index contributed by atoms with van der Waals surface area (Å²) < 4.78 is 25.8. The van der Waals surface area contributed by atoms with Gasteiger partial charge in [0.15, 0.2) is 11.6 Å². The highest BCUT2D eigenvalue weighted by atomic mass is 19.2. The number of benzene rings is 1. The van der Waals surface area contributed by atoms with Gasteiger partial charge in [0, 0.05) is 19.0 Å². The molecule has 2 aromatic rings. The van der Waals surface area contributed by atoms with Gasteiger partial charge in [-0.1, -0.05) is 13.0 Å². The molecule has 0 spiro atoms. The second kappa shape index (κ2) is 5.60. The van der Waals surface area contributed by atoms with Crippen LogP contribution in [0.3, 0.4) is 0 Å². The van der Waals surface area contributed by atoms with Crippen molar-refractivity contribution in [3.05, 3.63) is 47.3 Å². The highest BCUT2D eigenvalue weighted by Crippen LogP contribution is 2.12. The summed E-state index contributed by atoms with van der Waals surface area (Å²) in [5, 5.41) is 3.00. The Balaban J connectivity index is 2.09. The van der Waals surface area contributed by atoms with Crippen LogP contribution in [0.5, 0.6) is 0 Å². The van der Waals surface area contributed by atoms with Crippen LogP contribution in [0.15, 0.2) is 24.3 Å². The van der Waals surface area contributed by atoms with Crippen LogP contribution in [-0.2, 0) is 13.0 Å². The zero-order valence-electron chi connectivity index (χ0n) is 10.5. The van der Waals surface area contributed by atoms with Crippen molar-refractivity contribution >= 4 is 11.6 Å². The van der Waals surface area contributed by atoms with E-state index in [2.05, 4.69) is 15.3 Å². The molecule has 3 N–H and O–H groups in total. The first kappa shape index (κ1) is 13.2. The van der Waals surface area contributed by atoms with Gasteiger partial charge in [-0.3, -0.25) is 0 Å². The molecule has 6 heteroatoms. The molecule has 0 atom stereocenters. The molecule has 0 fully saturated rings. The Morgan fingerprint density at radius 2 is 1.95 bits per heavy atom. The average molecular weight is 264 g/mol. The summed E-state index contributed by atoms with van der Waals surface area (Å²) in [6, 6.07) is 5.35. The molecule has 0 amide bonds. The molecule has 0 aliphatic heterocycles. The number of hydrogen-bond donors (Lipinski definition) is 2. The molecule has 0 aliphatic rings. The SMILES string of the molecule is CCc1nc(N)cc(NCc2ccc(F)c(F)c2)n1. The molecule has 1 aromatic carbocycles. The van der Waals surface area contributed by atoms with E-state index in [1.54, 1.807) is 6.07 Å². The molecule has 0 aliphatic carbocycles. The first-order valence-electron chi connectivity index (χ1n) is 5.89. The van der Waals surface area contributed by atoms with Crippen LogP contribution in [0.4, 0.5) is 20.4 Å². The normalized spacial score (nSPS) is 10.5. The summed E-state index contributed by atoms with van der Waals surface area (Å²) in [6.45, 7) is 2.25. The Bertz CT molecular complexity index is 587. The van der Waals surface area contributed by atoms with Gasteiger partial charge in [-0.15, -0.1) is 0 Å². The van der Waals surface area contributed by atoms with E-state index < -0.39 is 11.6 Å². The Hall–Kier alpha value is -2.24. The van der Waals surface area contributed by atoms with Crippen LogP contribution in [-0.4, -0.2) is 9.97 Å². The first-order valence-corrected chi connectivity index (χ1v) is 5.89. The Morgan fingerprint density at radius 3 is 2.63 bits per heavy atom. The van der Waals surface area contributed by atoms with Crippen molar-refractivity contribution in [2.24, 2.45) is 0 Å². The third-order valence-corrected chi connectivity index (χ3v) is 2.57. The number of nitrogens with zero attached hydrogens (tertiary/aromatic N) is 2. The molecular weight excluding hydrogens is 250 g/mol. The maximum absolute atomic E-state index is 13.0. The standard InChI is InChI=1S/C13H14F2N4/c1-2-12-18-11(16)6-13(19-12)17-7-8-3-4-9(14)10(15)5-8/h3-6H,2,7H2,1H3,(H3,16,17,18,19). The Kier molecular flexibility index (Phi) is 3.89. The van der Waals surface area contributed by atoms with Crippen molar-refractivity contribution < 1.29 is 8.78 Å². The molecule has 1 heterocycles. The van der Waals surface area contributed by atoms with Gasteiger partial charge in [-0.2, -0.15) is 0 Å². The Labute approximate surface area is 109 Å². The predicted octanol–water partition coefficient (Wildman–Crippen LogP) is 2.51. The van der Waals surface area contributed by atoms with E-state index in [1.807, 2.05) is 6.92 Å². The van der Waals surface area contributed by atoms with Gasteiger partial charge in [0.05, 0.1) is 0 Å². The van der Waals surface area contributed by atoms with Crippen molar-refractivity contribution in [1.82, 2.24) is 9.97 Å². The number of hydrogen-bond acceptors (Lipinski definition) is 4. The monoisotopic (exact) mass is 264 g/mol. The van der Waals surface area contributed by atoms with Crippen molar-refractivity contribution in [2.75, 3.05) is 11.1 Å². The molecule has 0 radical (unpaired) electrons. The van der Waals surface area contributed by atoms with Crippen LogP contribution < -0.4 is 11.1 Å². The fraction of sp³-hybridized carbons (Fsp3) is 0.231. The number of aromatic nitrogens is 2. The highest BCUT2D eigenvalue weighted by molar-refractivity contribution is 5.45. The van der Waals surface area contributed by atoms with Crippen molar-refractivity contribution in [3.8, 4) is 0 Å². The number of halogens is 2. The third kappa shape index (κ3) is 3.37. The lowest BCUT2D eigenvalue weighted by Crippen LogP contribution is -2.06. The largest absolute Gasteiger partial charge is 0.384 e. The average Bonchev–Trinajstić information content (AvgIpc) is 2.39. The molecule has 2 rings (SSSR count). The van der Waals surface area contributed by atoms with E-state index in [0.717, 1.165) is 12.1 Å². The summed E-state index contributed by atoms with van der Waals surface area (Å²) in [4.78, 5) is 8.29. The van der Waals surface area contributed by atoms with Crippen LogP contribution >= 0.6 is 0 Å². The lowest BCUT2D eigenvalue weighted by molar-refractivity contribution is 0.507. The van der Waals surface area contributed by atoms with Crippen LogP contribution in [0, 0.1) is 11.6 Å². The summed E-state index contributed by atoms with van der Waals surface area (Å²) in [6.07, 6.45) is 0.672. The minimum Gasteiger partial charge on any atom is -0.384 e. The fourth-order valence-corrected chi connectivity index (χ4v) is 1.61. The summed E-state index contributed by atoms with van der Waals surface area (Å²) >= 11 is 0. The van der Waals surface area contributed by atoms with Gasteiger partial charge in [-0.25, -0.2) is 18.7 Å². The van der Waals surface area contributed by atoms with Crippen molar-refractivity contribution in [3.63, 3.8) is 0 Å². The first-order chi connectivity index (χ1) is 9.08. The van der Waals surface area contributed by atoms with E-state index in [1.165, 1.54) is 6.07 Å². The molecule has 100 valence electrons. The number of aryl methyl sites for hydroxylation is 1. The minimum absolute atomic E-state index is 0.330. The molecule has 0 bridgehead atoms. The molecular formula is C13H14F2N4. The lowest BCUT2D eigenvalue weighted by atomic mass is 10.2. The number of nitrogens with one attached hydrogen (secondary N) is 1.